The van der Waals surface area contributed by atoms with Gasteiger partial charge in [-0.05, 0) is 31.2 Å². The number of carbonyl (C=O) groups is 3. The molecule has 8 heteroatoms. The zero-order valence-corrected chi connectivity index (χ0v) is 14.8. The number of benzene rings is 1. The van der Waals surface area contributed by atoms with Gasteiger partial charge in [0.15, 0.2) is 0 Å². The second kappa shape index (κ2) is 10.0. The zero-order chi connectivity index (χ0) is 19.6. The normalized spacial score (nSPS) is 11.4. The molecule has 1 heterocycles. The van der Waals surface area contributed by atoms with Crippen LogP contribution in [0.3, 0.4) is 0 Å². The second-order valence-corrected chi connectivity index (χ2v) is 5.61. The Bertz CT molecular complexity index is 795. The van der Waals surface area contributed by atoms with Crippen LogP contribution in [0.2, 0.25) is 0 Å². The van der Waals surface area contributed by atoms with Crippen molar-refractivity contribution in [3.8, 4) is 0 Å². The second-order valence-electron chi connectivity index (χ2n) is 5.61. The molecule has 0 aliphatic carbocycles. The fourth-order valence-electron chi connectivity index (χ4n) is 2.34. The topological polar surface area (TPSA) is 118 Å². The minimum absolute atomic E-state index is 0.208. The van der Waals surface area contributed by atoms with Crippen molar-refractivity contribution in [1.82, 2.24) is 10.3 Å². The van der Waals surface area contributed by atoms with Crippen molar-refractivity contribution in [3.05, 3.63) is 59.9 Å². The molecule has 2 rings (SSSR count). The molecule has 0 saturated heterocycles. The van der Waals surface area contributed by atoms with Crippen molar-refractivity contribution in [1.29, 1.82) is 0 Å². The minimum Gasteiger partial charge on any atom is -0.480 e. The van der Waals surface area contributed by atoms with E-state index in [1.807, 2.05) is 0 Å². The highest BCUT2D eigenvalue weighted by Gasteiger charge is 2.22. The number of ether oxygens (including phenoxy) is 1. The van der Waals surface area contributed by atoms with E-state index in [9.17, 15) is 19.5 Å². The van der Waals surface area contributed by atoms with Gasteiger partial charge < -0.3 is 15.2 Å². The number of rotatable bonds is 9. The molecule has 0 fully saturated rings. The summed E-state index contributed by atoms with van der Waals surface area (Å²) in [7, 11) is 0. The Morgan fingerprint density at radius 3 is 2.56 bits per heavy atom. The van der Waals surface area contributed by atoms with Crippen LogP contribution in [0.1, 0.15) is 29.4 Å². The number of carbonyl (C=O) groups excluding carboxylic acids is 2. The first kappa shape index (κ1) is 20.1. The van der Waals surface area contributed by atoms with E-state index in [0.717, 1.165) is 0 Å². The first-order chi connectivity index (χ1) is 13.0. The molecule has 1 unspecified atom stereocenters. The Hall–Kier alpha value is -3.26. The Morgan fingerprint density at radius 1 is 1.15 bits per heavy atom. The number of esters is 1. The Morgan fingerprint density at radius 2 is 1.89 bits per heavy atom. The predicted molar refractivity (Wildman–Crippen MR) is 98.1 cm³/mol. The molecule has 0 spiro atoms. The third-order valence-corrected chi connectivity index (χ3v) is 3.64. The molecule has 1 aromatic heterocycles. The predicted octanol–water partition coefficient (Wildman–Crippen LogP) is 1.83. The van der Waals surface area contributed by atoms with Gasteiger partial charge in [-0.25, -0.2) is 4.79 Å². The lowest BCUT2D eigenvalue weighted by atomic mass is 10.1. The molecule has 2 aromatic rings. The summed E-state index contributed by atoms with van der Waals surface area (Å²) < 4.78 is 4.95. The smallest absolute Gasteiger partial charge is 0.340 e. The van der Waals surface area contributed by atoms with Gasteiger partial charge in [-0.2, -0.15) is 0 Å². The minimum atomic E-state index is -1.15. The lowest BCUT2D eigenvalue weighted by Crippen LogP contribution is -2.39. The van der Waals surface area contributed by atoms with Gasteiger partial charge in [0.2, 0.25) is 5.91 Å². The quantitative estimate of drug-likeness (QED) is 0.576. The molecular weight excluding hydrogens is 350 g/mol. The summed E-state index contributed by atoms with van der Waals surface area (Å²) in [6.45, 7) is 2.11. The summed E-state index contributed by atoms with van der Waals surface area (Å²) in [4.78, 5) is 39.8. The van der Waals surface area contributed by atoms with Crippen LogP contribution in [0.5, 0.6) is 0 Å². The van der Waals surface area contributed by atoms with Crippen LogP contribution < -0.4 is 10.6 Å². The molecule has 0 aliphatic heterocycles. The molecule has 0 saturated carbocycles. The van der Waals surface area contributed by atoms with Gasteiger partial charge >= 0.3 is 11.9 Å². The monoisotopic (exact) mass is 371 g/mol. The van der Waals surface area contributed by atoms with E-state index in [-0.39, 0.29) is 30.8 Å². The highest BCUT2D eigenvalue weighted by atomic mass is 16.5. The van der Waals surface area contributed by atoms with E-state index in [1.54, 1.807) is 49.5 Å². The first-order valence-electron chi connectivity index (χ1n) is 8.43. The van der Waals surface area contributed by atoms with Crippen molar-refractivity contribution in [2.45, 2.75) is 25.9 Å². The maximum absolute atomic E-state index is 12.3. The molecule has 0 radical (unpaired) electrons. The number of hydrogen-bond acceptors (Lipinski definition) is 6. The number of para-hydroxylation sites is 1. The molecule has 142 valence electrons. The van der Waals surface area contributed by atoms with E-state index < -0.39 is 23.9 Å². The lowest BCUT2D eigenvalue weighted by molar-refractivity contribution is -0.141. The number of carboxylic acid groups (broad SMARTS) is 1. The molecular formula is C19H21N3O5. The van der Waals surface area contributed by atoms with Crippen LogP contribution in [0.4, 0.5) is 5.69 Å². The number of carboxylic acids is 1. The first-order valence-corrected chi connectivity index (χ1v) is 8.43. The summed E-state index contributed by atoms with van der Waals surface area (Å²) in [5.41, 5.74) is 1.15. The van der Waals surface area contributed by atoms with Crippen molar-refractivity contribution in [2.75, 3.05) is 11.9 Å². The standard InChI is InChI=1S/C19H21N3O5/c1-2-27-19(26)14-8-3-4-9-15(14)22-17(23)11-16(18(24)25)21-12-13-7-5-6-10-20-13/h3-10,16,21H,2,11-12H2,1H3,(H,22,23)(H,24,25). The zero-order valence-electron chi connectivity index (χ0n) is 14.8. The van der Waals surface area contributed by atoms with E-state index in [1.165, 1.54) is 6.07 Å². The third-order valence-electron chi connectivity index (χ3n) is 3.64. The van der Waals surface area contributed by atoms with Gasteiger partial charge in [0, 0.05) is 12.7 Å². The SMILES string of the molecule is CCOC(=O)c1ccccc1NC(=O)CC(NCc1ccccn1)C(=O)O. The molecule has 1 atom stereocenters. The van der Waals surface area contributed by atoms with Gasteiger partial charge in [-0.15, -0.1) is 0 Å². The molecule has 1 amide bonds. The number of nitrogens with one attached hydrogen (secondary N) is 2. The molecule has 0 bridgehead atoms. The maximum atomic E-state index is 12.3. The van der Waals surface area contributed by atoms with Gasteiger partial charge in [0.25, 0.3) is 0 Å². The molecule has 8 nitrogen and oxygen atoms in total. The third kappa shape index (κ3) is 6.19. The van der Waals surface area contributed by atoms with E-state index in [2.05, 4.69) is 15.6 Å². The highest BCUT2D eigenvalue weighted by molar-refractivity contribution is 6.02. The van der Waals surface area contributed by atoms with Gasteiger partial charge in [-0.1, -0.05) is 18.2 Å². The maximum Gasteiger partial charge on any atom is 0.340 e. The molecule has 3 N–H and O–H groups in total. The van der Waals surface area contributed by atoms with Crippen LogP contribution in [-0.2, 0) is 20.9 Å². The summed E-state index contributed by atoms with van der Waals surface area (Å²) >= 11 is 0. The van der Waals surface area contributed by atoms with Crippen LogP contribution in [0.15, 0.2) is 48.7 Å². The number of anilines is 1. The van der Waals surface area contributed by atoms with Gasteiger partial charge in [-0.3, -0.25) is 19.9 Å². The molecule has 1 aromatic carbocycles. The number of pyridine rings is 1. The lowest BCUT2D eigenvalue weighted by Gasteiger charge is -2.15. The van der Waals surface area contributed by atoms with E-state index >= 15 is 0 Å². The average Bonchev–Trinajstić information content (AvgIpc) is 2.66. The van der Waals surface area contributed by atoms with Gasteiger partial charge in [0.05, 0.1) is 30.0 Å². The summed E-state index contributed by atoms with van der Waals surface area (Å²) in [6.07, 6.45) is 1.30. The van der Waals surface area contributed by atoms with Gasteiger partial charge in [0.1, 0.15) is 6.04 Å². The average molecular weight is 371 g/mol. The summed E-state index contributed by atoms with van der Waals surface area (Å²) in [5, 5.41) is 14.7. The number of amides is 1. The number of nitrogens with zero attached hydrogens (tertiary/aromatic N) is 1. The van der Waals surface area contributed by atoms with Crippen LogP contribution >= 0.6 is 0 Å². The fourth-order valence-corrected chi connectivity index (χ4v) is 2.34. The Kier molecular flexibility index (Phi) is 7.45. The van der Waals surface area contributed by atoms with Crippen molar-refractivity contribution >= 4 is 23.5 Å². The van der Waals surface area contributed by atoms with Crippen LogP contribution in [-0.4, -0.2) is 40.6 Å². The summed E-state index contributed by atoms with van der Waals surface area (Å²) in [5.74, 6) is -2.25. The highest BCUT2D eigenvalue weighted by Crippen LogP contribution is 2.17. The number of aromatic nitrogens is 1. The molecule has 27 heavy (non-hydrogen) atoms. The number of aliphatic carboxylic acids is 1. The van der Waals surface area contributed by atoms with Crippen molar-refractivity contribution < 1.29 is 24.2 Å². The Labute approximate surface area is 156 Å². The van der Waals surface area contributed by atoms with Crippen LogP contribution in [0.25, 0.3) is 0 Å². The van der Waals surface area contributed by atoms with Crippen molar-refractivity contribution in [2.24, 2.45) is 0 Å². The fraction of sp³-hybridized carbons (Fsp3) is 0.263. The summed E-state index contributed by atoms with van der Waals surface area (Å²) in [6, 6.07) is 10.6. The Balaban J connectivity index is 2.00. The number of hydrogen-bond donors (Lipinski definition) is 3. The van der Waals surface area contributed by atoms with E-state index in [4.69, 9.17) is 4.74 Å². The van der Waals surface area contributed by atoms with E-state index in [0.29, 0.717) is 5.69 Å². The van der Waals surface area contributed by atoms with Crippen LogP contribution in [0, 0.1) is 0 Å². The van der Waals surface area contributed by atoms with Crippen molar-refractivity contribution in [3.63, 3.8) is 0 Å². The molecule has 0 aliphatic rings. The largest absolute Gasteiger partial charge is 0.480 e.